The van der Waals surface area contributed by atoms with Crippen molar-refractivity contribution in [1.82, 2.24) is 15.5 Å². The molecule has 1 aromatic rings. The second-order valence-electron chi connectivity index (χ2n) is 6.70. The van der Waals surface area contributed by atoms with Crippen LogP contribution in [-0.4, -0.2) is 42.9 Å². The molecule has 1 saturated heterocycles. The summed E-state index contributed by atoms with van der Waals surface area (Å²) in [6.07, 6.45) is 2.51. The molecule has 0 saturated carbocycles. The Kier molecular flexibility index (Phi) is 7.37. The number of halogens is 1. The molecular weight excluding hydrogens is 321 g/mol. The van der Waals surface area contributed by atoms with Crippen molar-refractivity contribution in [1.29, 1.82) is 0 Å². The fourth-order valence-corrected chi connectivity index (χ4v) is 2.95. The molecule has 2 amide bonds. The number of rotatable bonds is 7. The number of carbonyl (C=O) groups is 2. The van der Waals surface area contributed by atoms with Crippen LogP contribution in [0.5, 0.6) is 0 Å². The Morgan fingerprint density at radius 3 is 2.60 bits per heavy atom. The number of nitrogens with one attached hydrogen (secondary N) is 2. The average Bonchev–Trinajstić information content (AvgIpc) is 2.61. The number of nitrogens with zero attached hydrogens (tertiary/aromatic N) is 1. The van der Waals surface area contributed by atoms with E-state index in [0.29, 0.717) is 18.7 Å². The zero-order chi connectivity index (χ0) is 18.2. The standard InChI is InChI=1S/C19H28FN3O2/c1-3-8-21-19(25)16-6-9-23(10-7-16)13-18(24)22-12-15-5-4-14(2)17(20)11-15/h4-5,11,16H,3,6-10,12-13H2,1-2H3,(H,21,25)(H,22,24). The Labute approximate surface area is 149 Å². The zero-order valence-electron chi connectivity index (χ0n) is 15.1. The van der Waals surface area contributed by atoms with Gasteiger partial charge >= 0.3 is 0 Å². The van der Waals surface area contributed by atoms with Gasteiger partial charge in [-0.25, -0.2) is 4.39 Å². The minimum atomic E-state index is -0.254. The molecule has 25 heavy (non-hydrogen) atoms. The first-order chi connectivity index (χ1) is 12.0. The topological polar surface area (TPSA) is 61.4 Å². The number of aryl methyl sites for hydroxylation is 1. The summed E-state index contributed by atoms with van der Waals surface area (Å²) in [5.74, 6) is -0.140. The summed E-state index contributed by atoms with van der Waals surface area (Å²) in [4.78, 5) is 26.1. The van der Waals surface area contributed by atoms with Crippen LogP contribution >= 0.6 is 0 Å². The maximum absolute atomic E-state index is 13.5. The van der Waals surface area contributed by atoms with E-state index in [1.807, 2.05) is 13.0 Å². The van der Waals surface area contributed by atoms with Crippen molar-refractivity contribution >= 4 is 11.8 Å². The van der Waals surface area contributed by atoms with Crippen LogP contribution in [0.2, 0.25) is 0 Å². The van der Waals surface area contributed by atoms with Gasteiger partial charge in [-0.2, -0.15) is 0 Å². The van der Waals surface area contributed by atoms with Crippen molar-refractivity contribution in [2.24, 2.45) is 5.92 Å². The lowest BCUT2D eigenvalue weighted by Crippen LogP contribution is -2.44. The van der Waals surface area contributed by atoms with Crippen molar-refractivity contribution < 1.29 is 14.0 Å². The van der Waals surface area contributed by atoms with Crippen molar-refractivity contribution in [2.45, 2.75) is 39.7 Å². The van der Waals surface area contributed by atoms with E-state index in [1.54, 1.807) is 13.0 Å². The highest BCUT2D eigenvalue weighted by molar-refractivity contribution is 5.79. The first-order valence-electron chi connectivity index (χ1n) is 9.01. The quantitative estimate of drug-likeness (QED) is 0.791. The second kappa shape index (κ2) is 9.51. The van der Waals surface area contributed by atoms with E-state index in [4.69, 9.17) is 0 Å². The van der Waals surface area contributed by atoms with Crippen LogP contribution in [-0.2, 0) is 16.1 Å². The van der Waals surface area contributed by atoms with Crippen LogP contribution in [0.1, 0.15) is 37.3 Å². The summed E-state index contributed by atoms with van der Waals surface area (Å²) in [5, 5.41) is 5.77. The summed E-state index contributed by atoms with van der Waals surface area (Å²) in [7, 11) is 0. The summed E-state index contributed by atoms with van der Waals surface area (Å²) >= 11 is 0. The number of amides is 2. The molecule has 1 heterocycles. The van der Waals surface area contributed by atoms with E-state index < -0.39 is 0 Å². The summed E-state index contributed by atoms with van der Waals surface area (Å²) in [6, 6.07) is 4.99. The van der Waals surface area contributed by atoms with E-state index in [0.717, 1.165) is 44.5 Å². The number of carbonyl (C=O) groups excluding carboxylic acids is 2. The van der Waals surface area contributed by atoms with Gasteiger partial charge in [0.2, 0.25) is 11.8 Å². The van der Waals surface area contributed by atoms with Crippen LogP contribution < -0.4 is 10.6 Å². The van der Waals surface area contributed by atoms with Gasteiger partial charge in [-0.3, -0.25) is 14.5 Å². The predicted molar refractivity (Wildman–Crippen MR) is 95.4 cm³/mol. The Bertz CT molecular complexity index is 598. The van der Waals surface area contributed by atoms with Gasteiger partial charge in [0, 0.05) is 19.0 Å². The fraction of sp³-hybridized carbons (Fsp3) is 0.579. The number of benzene rings is 1. The molecule has 0 radical (unpaired) electrons. The molecule has 0 atom stereocenters. The lowest BCUT2D eigenvalue weighted by atomic mass is 9.96. The molecular formula is C19H28FN3O2. The molecule has 0 bridgehead atoms. The van der Waals surface area contributed by atoms with Gasteiger partial charge in [0.1, 0.15) is 5.82 Å². The van der Waals surface area contributed by atoms with Crippen molar-refractivity contribution in [3.63, 3.8) is 0 Å². The molecule has 5 nitrogen and oxygen atoms in total. The Balaban J connectivity index is 1.69. The molecule has 0 aliphatic carbocycles. The highest BCUT2D eigenvalue weighted by Gasteiger charge is 2.25. The van der Waals surface area contributed by atoms with Crippen LogP contribution in [0.25, 0.3) is 0 Å². The SMILES string of the molecule is CCCNC(=O)C1CCN(CC(=O)NCc2ccc(C)c(F)c2)CC1. The lowest BCUT2D eigenvalue weighted by molar-refractivity contribution is -0.126. The number of piperidine rings is 1. The number of likely N-dealkylation sites (tertiary alicyclic amines) is 1. The molecule has 1 aliphatic rings. The molecule has 2 N–H and O–H groups in total. The third-order valence-electron chi connectivity index (χ3n) is 4.60. The second-order valence-corrected chi connectivity index (χ2v) is 6.70. The molecule has 6 heteroatoms. The van der Waals surface area contributed by atoms with Crippen LogP contribution in [0.15, 0.2) is 18.2 Å². The van der Waals surface area contributed by atoms with Crippen LogP contribution in [0.4, 0.5) is 4.39 Å². The minimum Gasteiger partial charge on any atom is -0.356 e. The summed E-state index contributed by atoms with van der Waals surface area (Å²) in [6.45, 7) is 6.61. The van der Waals surface area contributed by atoms with E-state index in [1.165, 1.54) is 6.07 Å². The molecule has 1 fully saturated rings. The number of hydrogen-bond donors (Lipinski definition) is 2. The van der Waals surface area contributed by atoms with Crippen molar-refractivity contribution in [2.75, 3.05) is 26.2 Å². The van der Waals surface area contributed by atoms with Gasteiger partial charge in [0.15, 0.2) is 0 Å². The third kappa shape index (κ3) is 6.12. The monoisotopic (exact) mass is 349 g/mol. The number of hydrogen-bond acceptors (Lipinski definition) is 3. The smallest absolute Gasteiger partial charge is 0.234 e. The normalized spacial score (nSPS) is 15.8. The van der Waals surface area contributed by atoms with Crippen molar-refractivity contribution in [3.8, 4) is 0 Å². The van der Waals surface area contributed by atoms with Gasteiger partial charge in [-0.1, -0.05) is 19.1 Å². The summed E-state index contributed by atoms with van der Waals surface area (Å²) in [5.41, 5.74) is 1.35. The lowest BCUT2D eigenvalue weighted by Gasteiger charge is -2.30. The van der Waals surface area contributed by atoms with Crippen LogP contribution in [0, 0.1) is 18.7 Å². The molecule has 138 valence electrons. The summed E-state index contributed by atoms with van der Waals surface area (Å²) < 4.78 is 13.5. The first-order valence-corrected chi connectivity index (χ1v) is 9.01. The van der Waals surface area contributed by atoms with E-state index >= 15 is 0 Å². The highest BCUT2D eigenvalue weighted by atomic mass is 19.1. The first kappa shape index (κ1) is 19.4. The van der Waals surface area contributed by atoms with E-state index in [-0.39, 0.29) is 23.5 Å². The average molecular weight is 349 g/mol. The fourth-order valence-electron chi connectivity index (χ4n) is 2.95. The Hall–Kier alpha value is -1.95. The molecule has 0 spiro atoms. The largest absolute Gasteiger partial charge is 0.356 e. The van der Waals surface area contributed by atoms with Crippen molar-refractivity contribution in [3.05, 3.63) is 35.1 Å². The van der Waals surface area contributed by atoms with E-state index in [2.05, 4.69) is 15.5 Å². The predicted octanol–water partition coefficient (Wildman–Crippen LogP) is 1.99. The van der Waals surface area contributed by atoms with Gasteiger partial charge in [0.05, 0.1) is 6.54 Å². The zero-order valence-corrected chi connectivity index (χ0v) is 15.1. The van der Waals surface area contributed by atoms with Crippen LogP contribution in [0.3, 0.4) is 0 Å². The third-order valence-corrected chi connectivity index (χ3v) is 4.60. The van der Waals surface area contributed by atoms with Gasteiger partial charge in [0.25, 0.3) is 0 Å². The van der Waals surface area contributed by atoms with Gasteiger partial charge < -0.3 is 10.6 Å². The molecule has 2 rings (SSSR count). The Morgan fingerprint density at radius 2 is 1.96 bits per heavy atom. The maximum Gasteiger partial charge on any atom is 0.234 e. The highest BCUT2D eigenvalue weighted by Crippen LogP contribution is 2.17. The minimum absolute atomic E-state index is 0.0568. The van der Waals surface area contributed by atoms with Gasteiger partial charge in [-0.15, -0.1) is 0 Å². The Morgan fingerprint density at radius 1 is 1.24 bits per heavy atom. The molecule has 0 unspecified atom stereocenters. The molecule has 1 aliphatic heterocycles. The van der Waals surface area contributed by atoms with Gasteiger partial charge in [-0.05, 0) is 56.5 Å². The van der Waals surface area contributed by atoms with E-state index in [9.17, 15) is 14.0 Å². The molecule has 1 aromatic carbocycles. The maximum atomic E-state index is 13.5. The molecule has 0 aromatic heterocycles.